The molecular formula is C9H13FN2S. The van der Waals surface area contributed by atoms with E-state index in [9.17, 15) is 4.39 Å². The molecule has 1 heterocycles. The topological polar surface area (TPSA) is 16.1 Å². The van der Waals surface area contributed by atoms with Gasteiger partial charge >= 0.3 is 0 Å². The fourth-order valence-electron chi connectivity index (χ4n) is 1.08. The van der Waals surface area contributed by atoms with Crippen LogP contribution in [0.25, 0.3) is 0 Å². The number of halogens is 1. The number of thiol groups is 1. The zero-order chi connectivity index (χ0) is 9.84. The molecule has 0 radical (unpaired) electrons. The average molecular weight is 200 g/mol. The summed E-state index contributed by atoms with van der Waals surface area (Å²) in [5.74, 6) is -0.446. The summed E-state index contributed by atoms with van der Waals surface area (Å²) in [6.45, 7) is 4.85. The van der Waals surface area contributed by atoms with Gasteiger partial charge in [0.1, 0.15) is 0 Å². The fraction of sp³-hybridized carbons (Fsp3) is 0.444. The van der Waals surface area contributed by atoms with Gasteiger partial charge in [0.2, 0.25) is 5.95 Å². The first-order chi connectivity index (χ1) is 6.15. The van der Waals surface area contributed by atoms with Crippen LogP contribution in [0, 0.1) is 5.95 Å². The summed E-state index contributed by atoms with van der Waals surface area (Å²) in [4.78, 5) is 3.59. The molecule has 4 heteroatoms. The zero-order valence-electron chi connectivity index (χ0n) is 7.74. The second-order valence-corrected chi connectivity index (χ2v) is 3.36. The lowest BCUT2D eigenvalue weighted by Crippen LogP contribution is -2.16. The number of hydrogen-bond acceptors (Lipinski definition) is 3. The molecule has 13 heavy (non-hydrogen) atoms. The standard InChI is InChI=1S/C9H13FN2S/c1-3-12(13)7(2)8-4-5-9(10)11-6-8/h4-7,13H,3H2,1-2H3. The first-order valence-corrected chi connectivity index (χ1v) is 4.62. The second kappa shape index (κ2) is 4.58. The number of hydrogen-bond donors (Lipinski definition) is 1. The minimum absolute atomic E-state index is 0.154. The molecule has 72 valence electrons. The van der Waals surface area contributed by atoms with Gasteiger partial charge in [0.15, 0.2) is 0 Å². The highest BCUT2D eigenvalue weighted by Gasteiger charge is 2.10. The van der Waals surface area contributed by atoms with Crippen LogP contribution in [0.3, 0.4) is 0 Å². The molecule has 1 rings (SSSR count). The van der Waals surface area contributed by atoms with Gasteiger partial charge in [-0.3, -0.25) is 0 Å². The molecule has 0 amide bonds. The fourth-order valence-corrected chi connectivity index (χ4v) is 1.21. The van der Waals surface area contributed by atoms with E-state index in [1.807, 2.05) is 18.2 Å². The van der Waals surface area contributed by atoms with Crippen LogP contribution in [0.2, 0.25) is 0 Å². The number of pyridine rings is 1. The maximum absolute atomic E-state index is 12.5. The van der Waals surface area contributed by atoms with Gasteiger partial charge in [-0.2, -0.15) is 4.39 Å². The van der Waals surface area contributed by atoms with Crippen LogP contribution in [0.5, 0.6) is 0 Å². The summed E-state index contributed by atoms with van der Waals surface area (Å²) in [7, 11) is 0. The predicted octanol–water partition coefficient (Wildman–Crippen LogP) is 2.45. The van der Waals surface area contributed by atoms with E-state index in [0.29, 0.717) is 0 Å². The Bertz CT molecular complexity index is 263. The molecule has 1 unspecified atom stereocenters. The second-order valence-electron chi connectivity index (χ2n) is 2.85. The third kappa shape index (κ3) is 2.67. The molecule has 1 aromatic heterocycles. The Morgan fingerprint density at radius 2 is 2.31 bits per heavy atom. The lowest BCUT2D eigenvalue weighted by atomic mass is 10.1. The van der Waals surface area contributed by atoms with E-state index in [-0.39, 0.29) is 6.04 Å². The average Bonchev–Trinajstić information content (AvgIpc) is 2.17. The van der Waals surface area contributed by atoms with E-state index < -0.39 is 5.95 Å². The first-order valence-electron chi connectivity index (χ1n) is 4.22. The molecule has 0 aromatic carbocycles. The van der Waals surface area contributed by atoms with E-state index in [1.54, 1.807) is 12.3 Å². The van der Waals surface area contributed by atoms with Crippen molar-refractivity contribution in [3.8, 4) is 0 Å². The van der Waals surface area contributed by atoms with Crippen LogP contribution < -0.4 is 0 Å². The third-order valence-corrected chi connectivity index (χ3v) is 2.63. The van der Waals surface area contributed by atoms with Gasteiger partial charge in [0, 0.05) is 18.8 Å². The zero-order valence-corrected chi connectivity index (χ0v) is 8.63. The molecule has 0 saturated heterocycles. The van der Waals surface area contributed by atoms with Crippen molar-refractivity contribution in [1.82, 2.24) is 9.29 Å². The predicted molar refractivity (Wildman–Crippen MR) is 54.0 cm³/mol. The molecule has 0 aliphatic rings. The van der Waals surface area contributed by atoms with Gasteiger partial charge in [-0.1, -0.05) is 25.8 Å². The number of rotatable bonds is 3. The van der Waals surface area contributed by atoms with Gasteiger partial charge in [0.05, 0.1) is 0 Å². The Labute approximate surface area is 83.3 Å². The quantitative estimate of drug-likeness (QED) is 0.596. The molecule has 1 atom stereocenters. The van der Waals surface area contributed by atoms with E-state index in [2.05, 4.69) is 17.8 Å². The summed E-state index contributed by atoms with van der Waals surface area (Å²) < 4.78 is 14.4. The summed E-state index contributed by atoms with van der Waals surface area (Å²) in [5, 5.41) is 0. The Kier molecular flexibility index (Phi) is 3.69. The maximum Gasteiger partial charge on any atom is 0.212 e. The van der Waals surface area contributed by atoms with Crippen molar-refractivity contribution >= 4 is 12.8 Å². The molecule has 0 fully saturated rings. The minimum atomic E-state index is -0.446. The molecule has 1 aromatic rings. The highest BCUT2D eigenvalue weighted by atomic mass is 32.1. The molecule has 0 N–H and O–H groups in total. The molecule has 2 nitrogen and oxygen atoms in total. The normalized spacial score (nSPS) is 13.3. The molecular weight excluding hydrogens is 187 g/mol. The largest absolute Gasteiger partial charge is 0.246 e. The van der Waals surface area contributed by atoms with Crippen molar-refractivity contribution < 1.29 is 4.39 Å². The maximum atomic E-state index is 12.5. The smallest absolute Gasteiger partial charge is 0.212 e. The summed E-state index contributed by atoms with van der Waals surface area (Å²) in [5.41, 5.74) is 0.971. The molecule has 0 saturated carbocycles. The lowest BCUT2D eigenvalue weighted by Gasteiger charge is -2.21. The summed E-state index contributed by atoms with van der Waals surface area (Å²) >= 11 is 4.27. The van der Waals surface area contributed by atoms with Gasteiger partial charge in [0.25, 0.3) is 0 Å². The summed E-state index contributed by atoms with van der Waals surface area (Å²) in [6.07, 6.45) is 1.54. The van der Waals surface area contributed by atoms with Gasteiger partial charge in [-0.05, 0) is 18.6 Å². The Balaban J connectivity index is 2.77. The van der Waals surface area contributed by atoms with Crippen LogP contribution in [0.1, 0.15) is 25.5 Å². The van der Waals surface area contributed by atoms with Gasteiger partial charge in [-0.15, -0.1) is 0 Å². The Hall–Kier alpha value is -0.610. The van der Waals surface area contributed by atoms with Crippen molar-refractivity contribution in [3.63, 3.8) is 0 Å². The van der Waals surface area contributed by atoms with Gasteiger partial charge < -0.3 is 0 Å². The van der Waals surface area contributed by atoms with Crippen molar-refractivity contribution in [3.05, 3.63) is 29.8 Å². The summed E-state index contributed by atoms with van der Waals surface area (Å²) in [6, 6.07) is 3.25. The highest BCUT2D eigenvalue weighted by molar-refractivity contribution is 7.77. The SMILES string of the molecule is CCN(S)C(C)c1ccc(F)nc1. The van der Waals surface area contributed by atoms with Crippen LogP contribution in [-0.4, -0.2) is 15.8 Å². The van der Waals surface area contributed by atoms with Crippen LogP contribution in [-0.2, 0) is 0 Å². The Morgan fingerprint density at radius 1 is 1.62 bits per heavy atom. The van der Waals surface area contributed by atoms with Crippen molar-refractivity contribution in [1.29, 1.82) is 0 Å². The Morgan fingerprint density at radius 3 is 2.77 bits per heavy atom. The third-order valence-electron chi connectivity index (χ3n) is 2.00. The van der Waals surface area contributed by atoms with Crippen LogP contribution in [0.15, 0.2) is 18.3 Å². The van der Waals surface area contributed by atoms with Crippen LogP contribution >= 0.6 is 12.8 Å². The van der Waals surface area contributed by atoms with Gasteiger partial charge in [-0.25, -0.2) is 9.29 Å². The minimum Gasteiger partial charge on any atom is -0.246 e. The highest BCUT2D eigenvalue weighted by Crippen LogP contribution is 2.20. The number of nitrogens with zero attached hydrogens (tertiary/aromatic N) is 2. The molecule has 0 aliphatic heterocycles. The molecule has 0 bridgehead atoms. The van der Waals surface area contributed by atoms with E-state index >= 15 is 0 Å². The monoisotopic (exact) mass is 200 g/mol. The van der Waals surface area contributed by atoms with Crippen molar-refractivity contribution in [2.45, 2.75) is 19.9 Å². The van der Waals surface area contributed by atoms with E-state index in [1.165, 1.54) is 6.07 Å². The van der Waals surface area contributed by atoms with E-state index in [4.69, 9.17) is 0 Å². The molecule has 0 aliphatic carbocycles. The molecule has 0 spiro atoms. The van der Waals surface area contributed by atoms with E-state index in [0.717, 1.165) is 12.1 Å². The van der Waals surface area contributed by atoms with Crippen LogP contribution in [0.4, 0.5) is 4.39 Å². The lowest BCUT2D eigenvalue weighted by molar-refractivity contribution is 0.404. The number of aromatic nitrogens is 1. The van der Waals surface area contributed by atoms with Crippen molar-refractivity contribution in [2.75, 3.05) is 6.54 Å². The first kappa shape index (κ1) is 10.5. The van der Waals surface area contributed by atoms with Crippen molar-refractivity contribution in [2.24, 2.45) is 0 Å².